The van der Waals surface area contributed by atoms with Gasteiger partial charge >= 0.3 is 0 Å². The van der Waals surface area contributed by atoms with Gasteiger partial charge in [0, 0.05) is 19.5 Å². The van der Waals surface area contributed by atoms with Crippen LogP contribution in [0.3, 0.4) is 0 Å². The summed E-state index contributed by atoms with van der Waals surface area (Å²) in [5, 5.41) is 3.04. The number of para-hydroxylation sites is 3. The smallest absolute Gasteiger partial charge is 0.224 e. The molecule has 204 valence electrons. The van der Waals surface area contributed by atoms with Gasteiger partial charge in [0.2, 0.25) is 5.91 Å². The Morgan fingerprint density at radius 3 is 2.59 bits per heavy atom. The summed E-state index contributed by atoms with van der Waals surface area (Å²) in [4.78, 5) is 17.5. The van der Waals surface area contributed by atoms with Crippen molar-refractivity contribution < 1.29 is 19.0 Å². The van der Waals surface area contributed by atoms with E-state index < -0.39 is 0 Å². The van der Waals surface area contributed by atoms with Crippen molar-refractivity contribution in [2.24, 2.45) is 0 Å². The van der Waals surface area contributed by atoms with Gasteiger partial charge < -0.3 is 24.1 Å². The summed E-state index contributed by atoms with van der Waals surface area (Å²) in [6.45, 7) is 5.84. The molecule has 1 aromatic heterocycles. The predicted octanol–water partition coefficient (Wildman–Crippen LogP) is 5.54. The normalized spacial score (nSPS) is 10.8. The van der Waals surface area contributed by atoms with Crippen LogP contribution >= 0.6 is 0 Å². The summed E-state index contributed by atoms with van der Waals surface area (Å²) in [5.74, 6) is 3.11. The molecule has 0 aliphatic heterocycles. The first kappa shape index (κ1) is 27.8. The number of carbonyl (C=O) groups is 1. The molecule has 7 heteroatoms. The van der Waals surface area contributed by atoms with E-state index in [0.29, 0.717) is 31.1 Å². The Bertz CT molecular complexity index is 1400. The number of amides is 1. The van der Waals surface area contributed by atoms with Crippen LogP contribution in [0.15, 0.2) is 79.4 Å². The Kier molecular flexibility index (Phi) is 10.0. The molecule has 0 saturated carbocycles. The topological polar surface area (TPSA) is 74.6 Å². The fraction of sp³-hybridized carbons (Fsp3) is 0.312. The molecule has 1 N–H and O–H groups in total. The lowest BCUT2D eigenvalue weighted by Crippen LogP contribution is -2.28. The van der Waals surface area contributed by atoms with Crippen molar-refractivity contribution in [1.29, 1.82) is 0 Å². The lowest BCUT2D eigenvalue weighted by Gasteiger charge is -2.12. The quantitative estimate of drug-likeness (QED) is 0.162. The van der Waals surface area contributed by atoms with Gasteiger partial charge in [-0.15, -0.1) is 6.58 Å². The van der Waals surface area contributed by atoms with Gasteiger partial charge in [-0.2, -0.15) is 0 Å². The van der Waals surface area contributed by atoms with Crippen LogP contribution < -0.4 is 19.5 Å². The maximum absolute atomic E-state index is 12.6. The fourth-order valence-corrected chi connectivity index (χ4v) is 4.64. The summed E-state index contributed by atoms with van der Waals surface area (Å²) in [5.41, 5.74) is 4.11. The highest BCUT2D eigenvalue weighted by atomic mass is 16.5. The molecule has 39 heavy (non-hydrogen) atoms. The number of methoxy groups -OCH3 is 2. The molecule has 1 amide bonds. The lowest BCUT2D eigenvalue weighted by atomic mass is 10.1. The van der Waals surface area contributed by atoms with E-state index in [1.807, 2.05) is 60.7 Å². The Hall–Kier alpha value is -4.26. The first-order chi connectivity index (χ1) is 19.1. The van der Waals surface area contributed by atoms with Crippen molar-refractivity contribution in [3.63, 3.8) is 0 Å². The minimum Gasteiger partial charge on any atom is -0.493 e. The van der Waals surface area contributed by atoms with Crippen molar-refractivity contribution in [2.75, 3.05) is 27.4 Å². The van der Waals surface area contributed by atoms with Crippen molar-refractivity contribution in [1.82, 2.24) is 14.9 Å². The van der Waals surface area contributed by atoms with E-state index in [-0.39, 0.29) is 12.3 Å². The monoisotopic (exact) mass is 527 g/mol. The maximum Gasteiger partial charge on any atom is 0.224 e. The van der Waals surface area contributed by atoms with Gasteiger partial charge in [-0.05, 0) is 60.7 Å². The van der Waals surface area contributed by atoms with Crippen LogP contribution in [0.4, 0.5) is 0 Å². The maximum atomic E-state index is 12.6. The third-order valence-corrected chi connectivity index (χ3v) is 6.59. The summed E-state index contributed by atoms with van der Waals surface area (Å²) < 4.78 is 18.9. The number of carbonyl (C=O) groups excluding carboxylic acids is 1. The second-order valence-corrected chi connectivity index (χ2v) is 9.29. The average molecular weight is 528 g/mol. The molecule has 1 heterocycles. The van der Waals surface area contributed by atoms with Gasteiger partial charge in [0.05, 0.1) is 38.3 Å². The minimum atomic E-state index is -0.0428. The molecule has 0 aliphatic rings. The zero-order valence-corrected chi connectivity index (χ0v) is 22.8. The molecule has 0 radical (unpaired) electrons. The Morgan fingerprint density at radius 2 is 1.77 bits per heavy atom. The van der Waals surface area contributed by atoms with E-state index >= 15 is 0 Å². The molecule has 4 aromatic rings. The van der Waals surface area contributed by atoms with Crippen LogP contribution in [-0.2, 0) is 30.6 Å². The summed E-state index contributed by atoms with van der Waals surface area (Å²) >= 11 is 0. The average Bonchev–Trinajstić information content (AvgIpc) is 3.31. The van der Waals surface area contributed by atoms with Gasteiger partial charge in [0.25, 0.3) is 0 Å². The van der Waals surface area contributed by atoms with Crippen molar-refractivity contribution >= 4 is 16.9 Å². The first-order valence-electron chi connectivity index (χ1n) is 13.4. The summed E-state index contributed by atoms with van der Waals surface area (Å²) in [7, 11) is 3.18. The fourth-order valence-electron chi connectivity index (χ4n) is 4.64. The SMILES string of the molecule is C=CCc1ccccc1OCCCCn1c(CCNC(=O)Cc2ccc(OC)c(OC)c2)nc2ccccc21. The van der Waals surface area contributed by atoms with E-state index in [1.54, 1.807) is 14.2 Å². The van der Waals surface area contributed by atoms with Crippen molar-refractivity contribution in [3.8, 4) is 17.2 Å². The number of allylic oxidation sites excluding steroid dienone is 1. The first-order valence-corrected chi connectivity index (χ1v) is 13.4. The number of unbranched alkanes of at least 4 members (excludes halogenated alkanes) is 1. The number of nitrogens with one attached hydrogen (secondary N) is 1. The second kappa shape index (κ2) is 14.0. The molecule has 0 fully saturated rings. The number of rotatable bonds is 15. The molecular formula is C32H37N3O4. The highest BCUT2D eigenvalue weighted by Gasteiger charge is 2.12. The van der Waals surface area contributed by atoms with E-state index in [1.165, 1.54) is 0 Å². The van der Waals surface area contributed by atoms with Crippen LogP contribution in [0, 0.1) is 0 Å². The molecule has 0 saturated heterocycles. The van der Waals surface area contributed by atoms with Gasteiger partial charge in [-0.1, -0.05) is 42.5 Å². The number of hydrogen-bond acceptors (Lipinski definition) is 5. The van der Waals surface area contributed by atoms with Crippen LogP contribution in [0.2, 0.25) is 0 Å². The molecule has 0 unspecified atom stereocenters. The number of aryl methyl sites for hydroxylation is 1. The number of fused-ring (bicyclic) bond motifs is 1. The number of aromatic nitrogens is 2. The van der Waals surface area contributed by atoms with Gasteiger partial charge in [0.1, 0.15) is 11.6 Å². The highest BCUT2D eigenvalue weighted by Crippen LogP contribution is 2.27. The number of ether oxygens (including phenoxy) is 3. The molecular weight excluding hydrogens is 490 g/mol. The van der Waals surface area contributed by atoms with Gasteiger partial charge in [0.15, 0.2) is 11.5 Å². The molecule has 3 aromatic carbocycles. The van der Waals surface area contributed by atoms with Crippen LogP contribution in [-0.4, -0.2) is 42.8 Å². The Labute approximate surface area is 230 Å². The van der Waals surface area contributed by atoms with Crippen LogP contribution in [0.5, 0.6) is 17.2 Å². The number of benzene rings is 3. The minimum absolute atomic E-state index is 0.0428. The summed E-state index contributed by atoms with van der Waals surface area (Å²) in [6, 6.07) is 21.8. The molecule has 0 bridgehead atoms. The second-order valence-electron chi connectivity index (χ2n) is 9.29. The third-order valence-electron chi connectivity index (χ3n) is 6.59. The van der Waals surface area contributed by atoms with E-state index in [2.05, 4.69) is 28.6 Å². The molecule has 4 rings (SSSR count). The standard InChI is InChI=1S/C32H37N3O4/c1-4-11-25-12-5-8-15-28(25)39-21-10-9-20-35-27-14-7-6-13-26(27)34-31(35)18-19-33-32(36)23-24-16-17-29(37-2)30(22-24)38-3/h4-8,12-17,22H,1,9-11,18-21,23H2,2-3H3,(H,33,36). The molecule has 0 aliphatic carbocycles. The summed E-state index contributed by atoms with van der Waals surface area (Å²) in [6.07, 6.45) is 5.50. The van der Waals surface area contributed by atoms with Crippen LogP contribution in [0.25, 0.3) is 11.0 Å². The number of hydrogen-bond donors (Lipinski definition) is 1. The van der Waals surface area contributed by atoms with E-state index in [4.69, 9.17) is 19.2 Å². The zero-order chi connectivity index (χ0) is 27.5. The molecule has 7 nitrogen and oxygen atoms in total. The largest absolute Gasteiger partial charge is 0.493 e. The molecule has 0 spiro atoms. The predicted molar refractivity (Wildman–Crippen MR) is 155 cm³/mol. The Morgan fingerprint density at radius 1 is 0.974 bits per heavy atom. The molecule has 0 atom stereocenters. The van der Waals surface area contributed by atoms with Gasteiger partial charge in [-0.3, -0.25) is 4.79 Å². The highest BCUT2D eigenvalue weighted by molar-refractivity contribution is 5.79. The van der Waals surface area contributed by atoms with Gasteiger partial charge in [-0.25, -0.2) is 4.98 Å². The van der Waals surface area contributed by atoms with E-state index in [0.717, 1.165) is 59.5 Å². The third kappa shape index (κ3) is 7.41. The Balaban J connectivity index is 1.30. The van der Waals surface area contributed by atoms with Crippen LogP contribution in [0.1, 0.15) is 29.8 Å². The number of nitrogens with zero attached hydrogens (tertiary/aromatic N) is 2. The van der Waals surface area contributed by atoms with Crippen molar-refractivity contribution in [3.05, 3.63) is 96.3 Å². The number of imidazole rings is 1. The zero-order valence-electron chi connectivity index (χ0n) is 22.8. The van der Waals surface area contributed by atoms with E-state index in [9.17, 15) is 4.79 Å². The lowest BCUT2D eigenvalue weighted by molar-refractivity contribution is -0.120. The van der Waals surface area contributed by atoms with Crippen molar-refractivity contribution in [2.45, 2.75) is 38.6 Å².